The number of hydrogen-bond donors (Lipinski definition) is 2. The van der Waals surface area contributed by atoms with Gasteiger partial charge in [-0.2, -0.15) is 0 Å². The van der Waals surface area contributed by atoms with Crippen LogP contribution in [0.2, 0.25) is 0 Å². The van der Waals surface area contributed by atoms with E-state index in [0.29, 0.717) is 5.56 Å². The van der Waals surface area contributed by atoms with Crippen LogP contribution in [0.4, 0.5) is 0 Å². The zero-order chi connectivity index (χ0) is 14.0. The second-order valence-corrected chi connectivity index (χ2v) is 6.59. The molecule has 3 heteroatoms. The Kier molecular flexibility index (Phi) is 4.05. The van der Waals surface area contributed by atoms with Crippen molar-refractivity contribution in [1.82, 2.24) is 5.32 Å². The molecule has 3 nitrogen and oxygen atoms in total. The highest BCUT2D eigenvalue weighted by Gasteiger charge is 2.27. The number of amides is 1. The highest BCUT2D eigenvalue weighted by molar-refractivity contribution is 5.97. The van der Waals surface area contributed by atoms with Gasteiger partial charge in [0.2, 0.25) is 0 Å². The van der Waals surface area contributed by atoms with Crippen molar-refractivity contribution in [3.05, 3.63) is 29.8 Å². The third kappa shape index (κ3) is 4.40. The number of carbonyl (C=O) groups excluding carboxylic acids is 1. The zero-order valence-electron chi connectivity index (χ0n) is 11.9. The molecule has 0 atom stereocenters. The number of phenols is 1. The molecule has 0 radical (unpaired) electrons. The van der Waals surface area contributed by atoms with Crippen molar-refractivity contribution in [3.63, 3.8) is 0 Å². The van der Waals surface area contributed by atoms with E-state index in [2.05, 4.69) is 26.1 Å². The normalized spacial score (nSPS) is 12.3. The summed E-state index contributed by atoms with van der Waals surface area (Å²) in [5.41, 5.74) is 0.145. The summed E-state index contributed by atoms with van der Waals surface area (Å²) in [6, 6.07) is 6.58. The SMILES string of the molecule is CC(C)(C)CC(C)(C)NC(=O)c1ccccc1O. The number of hydrogen-bond acceptors (Lipinski definition) is 2. The molecule has 0 unspecified atom stereocenters. The molecule has 0 aliphatic rings. The molecule has 1 rings (SSSR count). The van der Waals surface area contributed by atoms with Gasteiger partial charge in [-0.25, -0.2) is 0 Å². The first-order chi connectivity index (χ1) is 8.11. The first-order valence-electron chi connectivity index (χ1n) is 6.21. The molecule has 0 saturated carbocycles. The molecule has 0 fully saturated rings. The third-order valence-electron chi connectivity index (χ3n) is 2.57. The van der Waals surface area contributed by atoms with Crippen molar-refractivity contribution in [2.45, 2.75) is 46.6 Å². The van der Waals surface area contributed by atoms with Crippen LogP contribution in [0.1, 0.15) is 51.4 Å². The van der Waals surface area contributed by atoms with E-state index in [1.165, 1.54) is 6.07 Å². The van der Waals surface area contributed by atoms with Crippen LogP contribution in [0.3, 0.4) is 0 Å². The lowest BCUT2D eigenvalue weighted by atomic mass is 9.81. The fraction of sp³-hybridized carbons (Fsp3) is 0.533. The molecular weight excluding hydrogens is 226 g/mol. The zero-order valence-corrected chi connectivity index (χ0v) is 11.9. The van der Waals surface area contributed by atoms with Gasteiger partial charge in [0.25, 0.3) is 5.91 Å². The molecule has 0 saturated heterocycles. The Hall–Kier alpha value is -1.51. The molecule has 0 spiro atoms. The lowest BCUT2D eigenvalue weighted by Crippen LogP contribution is -2.45. The summed E-state index contributed by atoms with van der Waals surface area (Å²) in [5, 5.41) is 12.6. The molecule has 0 aromatic heterocycles. The van der Waals surface area contributed by atoms with Crippen LogP contribution < -0.4 is 5.32 Å². The molecule has 0 aliphatic carbocycles. The van der Waals surface area contributed by atoms with Crippen molar-refractivity contribution in [1.29, 1.82) is 0 Å². The summed E-state index contributed by atoms with van der Waals surface area (Å²) in [6.07, 6.45) is 0.860. The number of aromatic hydroxyl groups is 1. The van der Waals surface area contributed by atoms with E-state index in [0.717, 1.165) is 6.42 Å². The Balaban J connectivity index is 2.79. The molecule has 0 heterocycles. The van der Waals surface area contributed by atoms with Crippen LogP contribution >= 0.6 is 0 Å². The summed E-state index contributed by atoms with van der Waals surface area (Å²) < 4.78 is 0. The van der Waals surface area contributed by atoms with Gasteiger partial charge in [0, 0.05) is 5.54 Å². The van der Waals surface area contributed by atoms with Crippen LogP contribution in [0.5, 0.6) is 5.75 Å². The molecule has 2 N–H and O–H groups in total. The highest BCUT2D eigenvalue weighted by Crippen LogP contribution is 2.27. The number of rotatable bonds is 3. The minimum absolute atomic E-state index is 0.0153. The second-order valence-electron chi connectivity index (χ2n) is 6.59. The van der Waals surface area contributed by atoms with Gasteiger partial charge in [-0.1, -0.05) is 32.9 Å². The molecular formula is C15H23NO2. The second kappa shape index (κ2) is 5.01. The Bertz CT molecular complexity index is 430. The number of para-hydroxylation sites is 1. The van der Waals surface area contributed by atoms with E-state index in [1.807, 2.05) is 13.8 Å². The van der Waals surface area contributed by atoms with Gasteiger partial charge < -0.3 is 10.4 Å². The van der Waals surface area contributed by atoms with Crippen molar-refractivity contribution in [3.8, 4) is 5.75 Å². The van der Waals surface area contributed by atoms with Crippen LogP contribution in [0.25, 0.3) is 0 Å². The van der Waals surface area contributed by atoms with Gasteiger partial charge in [0.05, 0.1) is 5.56 Å². The average Bonchev–Trinajstić information content (AvgIpc) is 2.12. The molecule has 1 aromatic rings. The summed E-state index contributed by atoms with van der Waals surface area (Å²) in [7, 11) is 0. The minimum Gasteiger partial charge on any atom is -0.507 e. The van der Waals surface area contributed by atoms with Gasteiger partial charge >= 0.3 is 0 Å². The van der Waals surface area contributed by atoms with Gasteiger partial charge in [-0.3, -0.25) is 4.79 Å². The molecule has 100 valence electrons. The van der Waals surface area contributed by atoms with Crippen LogP contribution in [-0.2, 0) is 0 Å². The van der Waals surface area contributed by atoms with E-state index in [4.69, 9.17) is 0 Å². The van der Waals surface area contributed by atoms with E-state index in [1.54, 1.807) is 18.2 Å². The maximum atomic E-state index is 12.1. The standard InChI is InChI=1S/C15H23NO2/c1-14(2,3)10-15(4,5)16-13(18)11-8-6-7-9-12(11)17/h6-9,17H,10H2,1-5H3,(H,16,18). The van der Waals surface area contributed by atoms with Crippen molar-refractivity contribution in [2.75, 3.05) is 0 Å². The molecule has 1 aromatic carbocycles. The summed E-state index contributed by atoms with van der Waals surface area (Å²) in [5.74, 6) is -0.219. The Labute approximate surface area is 109 Å². The monoisotopic (exact) mass is 249 g/mol. The molecule has 18 heavy (non-hydrogen) atoms. The largest absolute Gasteiger partial charge is 0.507 e. The van der Waals surface area contributed by atoms with Crippen LogP contribution in [0, 0.1) is 5.41 Å². The fourth-order valence-corrected chi connectivity index (χ4v) is 2.41. The summed E-state index contributed by atoms with van der Waals surface area (Å²) >= 11 is 0. The summed E-state index contributed by atoms with van der Waals surface area (Å²) in [6.45, 7) is 10.4. The first kappa shape index (κ1) is 14.6. The molecule has 1 amide bonds. The van der Waals surface area contributed by atoms with Crippen molar-refractivity contribution >= 4 is 5.91 Å². The average molecular weight is 249 g/mol. The predicted molar refractivity (Wildman–Crippen MR) is 73.7 cm³/mol. The van der Waals surface area contributed by atoms with Crippen molar-refractivity contribution < 1.29 is 9.90 Å². The topological polar surface area (TPSA) is 49.3 Å². The molecule has 0 aliphatic heterocycles. The maximum absolute atomic E-state index is 12.1. The lowest BCUT2D eigenvalue weighted by molar-refractivity contribution is 0.0889. The van der Waals surface area contributed by atoms with Gasteiger partial charge in [-0.05, 0) is 37.8 Å². The van der Waals surface area contributed by atoms with Crippen LogP contribution in [-0.4, -0.2) is 16.6 Å². The van der Waals surface area contributed by atoms with Gasteiger partial charge in [-0.15, -0.1) is 0 Å². The highest BCUT2D eigenvalue weighted by atomic mass is 16.3. The van der Waals surface area contributed by atoms with E-state index in [-0.39, 0.29) is 22.6 Å². The van der Waals surface area contributed by atoms with Gasteiger partial charge in [0.15, 0.2) is 0 Å². The number of nitrogens with one attached hydrogen (secondary N) is 1. The predicted octanol–water partition coefficient (Wildman–Crippen LogP) is 3.34. The Morgan fingerprint density at radius 3 is 2.22 bits per heavy atom. The number of benzene rings is 1. The molecule has 0 bridgehead atoms. The van der Waals surface area contributed by atoms with Gasteiger partial charge in [0.1, 0.15) is 5.75 Å². The third-order valence-corrected chi connectivity index (χ3v) is 2.57. The van der Waals surface area contributed by atoms with E-state index < -0.39 is 0 Å². The van der Waals surface area contributed by atoms with Crippen molar-refractivity contribution in [2.24, 2.45) is 5.41 Å². The fourth-order valence-electron chi connectivity index (χ4n) is 2.41. The minimum atomic E-state index is -0.308. The van der Waals surface area contributed by atoms with Crippen LogP contribution in [0.15, 0.2) is 24.3 Å². The maximum Gasteiger partial charge on any atom is 0.255 e. The Morgan fingerprint density at radius 1 is 1.17 bits per heavy atom. The smallest absolute Gasteiger partial charge is 0.255 e. The number of phenolic OH excluding ortho intramolecular Hbond substituents is 1. The van der Waals surface area contributed by atoms with E-state index >= 15 is 0 Å². The first-order valence-corrected chi connectivity index (χ1v) is 6.21. The Morgan fingerprint density at radius 2 is 1.72 bits per heavy atom. The van der Waals surface area contributed by atoms with E-state index in [9.17, 15) is 9.90 Å². The lowest BCUT2D eigenvalue weighted by Gasteiger charge is -2.33. The summed E-state index contributed by atoms with van der Waals surface area (Å²) in [4.78, 5) is 12.1. The quantitative estimate of drug-likeness (QED) is 0.863. The number of carbonyl (C=O) groups is 1.